The van der Waals surface area contributed by atoms with E-state index in [1.165, 1.54) is 46.0 Å². The molecule has 0 radical (unpaired) electrons. The van der Waals surface area contributed by atoms with Gasteiger partial charge in [0.2, 0.25) is 0 Å². The molecule has 0 fully saturated rings. The van der Waals surface area contributed by atoms with Crippen molar-refractivity contribution in [3.63, 3.8) is 0 Å². The van der Waals surface area contributed by atoms with Crippen LogP contribution in [0.1, 0.15) is 41.8 Å². The number of aryl methyl sites for hydroxylation is 1. The molecular formula is C21H22FN3OS. The van der Waals surface area contributed by atoms with Crippen LogP contribution in [0.4, 0.5) is 14.9 Å². The Hall–Kier alpha value is -2.60. The largest absolute Gasteiger partial charge is 0.331 e. The van der Waals surface area contributed by atoms with Crippen LogP contribution in [0.25, 0.3) is 5.00 Å². The second-order valence-electron chi connectivity index (χ2n) is 6.85. The maximum Gasteiger partial charge on any atom is 0.319 e. The van der Waals surface area contributed by atoms with Crippen LogP contribution >= 0.6 is 11.3 Å². The second kappa shape index (κ2) is 7.56. The Bertz CT molecular complexity index is 931. The summed E-state index contributed by atoms with van der Waals surface area (Å²) in [7, 11) is 0. The molecule has 140 valence electrons. The molecule has 27 heavy (non-hydrogen) atoms. The van der Waals surface area contributed by atoms with Gasteiger partial charge in [0.25, 0.3) is 0 Å². The number of carbonyl (C=O) groups excluding carboxylic acids is 1. The van der Waals surface area contributed by atoms with Crippen molar-refractivity contribution in [2.24, 2.45) is 0 Å². The summed E-state index contributed by atoms with van der Waals surface area (Å²) < 4.78 is 15.2. The maximum atomic E-state index is 13.0. The maximum absolute atomic E-state index is 13.0. The number of hydrogen-bond donors (Lipinski definition) is 2. The van der Waals surface area contributed by atoms with E-state index < -0.39 is 0 Å². The number of carbonyl (C=O) groups is 1. The molecule has 4 nitrogen and oxygen atoms in total. The molecule has 0 unspecified atom stereocenters. The molecule has 2 heterocycles. The molecule has 2 aromatic heterocycles. The predicted molar refractivity (Wildman–Crippen MR) is 107 cm³/mol. The van der Waals surface area contributed by atoms with Gasteiger partial charge in [0.1, 0.15) is 10.8 Å². The van der Waals surface area contributed by atoms with Crippen molar-refractivity contribution in [2.75, 3.05) is 5.32 Å². The first-order chi connectivity index (χ1) is 13.1. The molecule has 0 saturated heterocycles. The van der Waals surface area contributed by atoms with E-state index in [-0.39, 0.29) is 17.9 Å². The topological polar surface area (TPSA) is 46.1 Å². The summed E-state index contributed by atoms with van der Waals surface area (Å²) in [6.45, 7) is 2.02. The van der Waals surface area contributed by atoms with Gasteiger partial charge >= 0.3 is 6.03 Å². The molecule has 2 N–H and O–H groups in total. The van der Waals surface area contributed by atoms with E-state index in [2.05, 4.69) is 15.2 Å². The molecule has 0 aliphatic heterocycles. The number of nitrogens with one attached hydrogen (secondary N) is 2. The van der Waals surface area contributed by atoms with Crippen LogP contribution in [-0.2, 0) is 12.8 Å². The lowest BCUT2D eigenvalue weighted by Gasteiger charge is -2.20. The lowest BCUT2D eigenvalue weighted by Crippen LogP contribution is -2.32. The third-order valence-corrected chi connectivity index (χ3v) is 6.24. The highest BCUT2D eigenvalue weighted by atomic mass is 32.1. The third-order valence-electron chi connectivity index (χ3n) is 4.91. The Labute approximate surface area is 162 Å². The number of benzene rings is 1. The molecule has 0 spiro atoms. The summed E-state index contributed by atoms with van der Waals surface area (Å²) in [5, 5.41) is 7.01. The van der Waals surface area contributed by atoms with Crippen LogP contribution in [-0.4, -0.2) is 10.6 Å². The molecule has 1 aromatic carbocycles. The third kappa shape index (κ3) is 3.76. The summed E-state index contributed by atoms with van der Waals surface area (Å²) in [6, 6.07) is 9.39. The van der Waals surface area contributed by atoms with Gasteiger partial charge < -0.3 is 15.2 Å². The molecular weight excluding hydrogens is 361 g/mol. The average molecular weight is 383 g/mol. The van der Waals surface area contributed by atoms with E-state index in [1.807, 2.05) is 42.8 Å². The number of aromatic nitrogens is 1. The van der Waals surface area contributed by atoms with Gasteiger partial charge in [-0.05, 0) is 74.6 Å². The summed E-state index contributed by atoms with van der Waals surface area (Å²) in [4.78, 5) is 13.9. The SMILES string of the molecule is C[C@H](NC(=O)Nc1ccc(F)cc1)c1c(-n2cccc2)sc2c1CCCC2. The fraction of sp³-hybridized carbons (Fsp3) is 0.286. The van der Waals surface area contributed by atoms with Crippen molar-refractivity contribution in [3.05, 3.63) is 70.6 Å². The molecule has 6 heteroatoms. The smallest absolute Gasteiger partial charge is 0.319 e. The normalized spacial score (nSPS) is 14.4. The molecule has 3 aromatic rings. The van der Waals surface area contributed by atoms with E-state index in [9.17, 15) is 9.18 Å². The van der Waals surface area contributed by atoms with E-state index in [1.54, 1.807) is 12.1 Å². The quantitative estimate of drug-likeness (QED) is 0.619. The zero-order valence-electron chi connectivity index (χ0n) is 15.2. The van der Waals surface area contributed by atoms with E-state index in [0.29, 0.717) is 5.69 Å². The van der Waals surface area contributed by atoms with Crippen LogP contribution in [0.5, 0.6) is 0 Å². The highest BCUT2D eigenvalue weighted by Crippen LogP contribution is 2.40. The number of nitrogens with zero attached hydrogens (tertiary/aromatic N) is 1. The van der Waals surface area contributed by atoms with Crippen LogP contribution < -0.4 is 10.6 Å². The Kier molecular flexibility index (Phi) is 4.99. The van der Waals surface area contributed by atoms with Crippen LogP contribution in [0.15, 0.2) is 48.8 Å². The highest BCUT2D eigenvalue weighted by Gasteiger charge is 2.25. The molecule has 1 atom stereocenters. The van der Waals surface area contributed by atoms with Crippen molar-refractivity contribution in [3.8, 4) is 5.00 Å². The number of amides is 2. The average Bonchev–Trinajstić information content (AvgIpc) is 3.30. The second-order valence-corrected chi connectivity index (χ2v) is 7.93. The minimum Gasteiger partial charge on any atom is -0.331 e. The minimum absolute atomic E-state index is 0.124. The first-order valence-corrected chi connectivity index (χ1v) is 10.0. The Balaban J connectivity index is 1.57. The zero-order valence-corrected chi connectivity index (χ0v) is 16.0. The Morgan fingerprint density at radius 2 is 1.85 bits per heavy atom. The fourth-order valence-electron chi connectivity index (χ4n) is 3.65. The fourth-order valence-corrected chi connectivity index (χ4v) is 5.11. The number of rotatable bonds is 4. The van der Waals surface area contributed by atoms with Crippen LogP contribution in [0.2, 0.25) is 0 Å². The number of hydrogen-bond acceptors (Lipinski definition) is 2. The monoisotopic (exact) mass is 383 g/mol. The van der Waals surface area contributed by atoms with E-state index in [4.69, 9.17) is 0 Å². The van der Waals surface area contributed by atoms with Crippen molar-refractivity contribution in [1.29, 1.82) is 0 Å². The number of fused-ring (bicyclic) bond motifs is 1. The molecule has 2 amide bonds. The van der Waals surface area contributed by atoms with Gasteiger partial charge in [0.15, 0.2) is 0 Å². The first-order valence-electron chi connectivity index (χ1n) is 9.22. The minimum atomic E-state index is -0.324. The Morgan fingerprint density at radius 3 is 2.59 bits per heavy atom. The summed E-state index contributed by atoms with van der Waals surface area (Å²) in [6.07, 6.45) is 8.69. The summed E-state index contributed by atoms with van der Waals surface area (Å²) in [5.74, 6) is -0.324. The molecule has 1 aliphatic carbocycles. The van der Waals surface area contributed by atoms with Crippen LogP contribution in [0.3, 0.4) is 0 Å². The number of halogens is 1. The van der Waals surface area contributed by atoms with Crippen molar-refractivity contribution in [2.45, 2.75) is 38.6 Å². The van der Waals surface area contributed by atoms with Gasteiger partial charge in [0, 0.05) is 28.5 Å². The van der Waals surface area contributed by atoms with Gasteiger partial charge in [-0.25, -0.2) is 9.18 Å². The molecule has 0 saturated carbocycles. The molecule has 1 aliphatic rings. The lowest BCUT2D eigenvalue weighted by atomic mass is 9.93. The van der Waals surface area contributed by atoms with E-state index >= 15 is 0 Å². The number of thiophene rings is 1. The Morgan fingerprint density at radius 1 is 1.15 bits per heavy atom. The number of anilines is 1. The van der Waals surface area contributed by atoms with Gasteiger partial charge in [0.05, 0.1) is 6.04 Å². The predicted octanol–water partition coefficient (Wildman–Crippen LogP) is 5.44. The first kappa shape index (κ1) is 17.8. The zero-order chi connectivity index (χ0) is 18.8. The van der Waals surface area contributed by atoms with Crippen LogP contribution in [0, 0.1) is 5.82 Å². The number of urea groups is 1. The summed E-state index contributed by atoms with van der Waals surface area (Å²) >= 11 is 1.83. The van der Waals surface area contributed by atoms with Crippen molar-refractivity contribution < 1.29 is 9.18 Å². The van der Waals surface area contributed by atoms with Crippen molar-refractivity contribution in [1.82, 2.24) is 9.88 Å². The van der Waals surface area contributed by atoms with Gasteiger partial charge in [-0.3, -0.25) is 0 Å². The summed E-state index contributed by atoms with van der Waals surface area (Å²) in [5.41, 5.74) is 3.17. The van der Waals surface area contributed by atoms with Crippen molar-refractivity contribution >= 4 is 23.1 Å². The standard InChI is InChI=1S/C21H22FN3OS/c1-14(23-21(26)24-16-10-8-15(22)9-11-16)19-17-6-2-3-7-18(17)27-20(19)25-12-4-5-13-25/h4-5,8-14H,2-3,6-7H2,1H3,(H2,23,24,26)/t14-/m0/s1. The highest BCUT2D eigenvalue weighted by molar-refractivity contribution is 7.15. The lowest BCUT2D eigenvalue weighted by molar-refractivity contribution is 0.249. The van der Waals surface area contributed by atoms with E-state index in [0.717, 1.165) is 12.8 Å². The van der Waals surface area contributed by atoms with Gasteiger partial charge in [-0.1, -0.05) is 0 Å². The van der Waals surface area contributed by atoms with Gasteiger partial charge in [-0.2, -0.15) is 0 Å². The molecule has 4 rings (SSSR count). The molecule has 0 bridgehead atoms. The van der Waals surface area contributed by atoms with Gasteiger partial charge in [-0.15, -0.1) is 11.3 Å².